The monoisotopic (exact) mass is 237 g/mol. The van der Waals surface area contributed by atoms with Gasteiger partial charge < -0.3 is 9.47 Å². The third-order valence-electron chi connectivity index (χ3n) is 0.986. The Balaban J connectivity index is 2.38. The van der Waals surface area contributed by atoms with Gasteiger partial charge in [-0.05, 0) is 15.9 Å². The minimum Gasteiger partial charge on any atom is -0.468 e. The largest absolute Gasteiger partial charge is 0.468 e. The summed E-state index contributed by atoms with van der Waals surface area (Å²) in [4.78, 5) is 7.06. The van der Waals surface area contributed by atoms with Crippen molar-refractivity contribution < 1.29 is 19.1 Å². The van der Waals surface area contributed by atoms with Crippen LogP contribution in [0.1, 0.15) is 9.60 Å². The predicted molar refractivity (Wildman–Crippen MR) is 45.0 cm³/mol. The molecule has 0 saturated carbocycles. The average Bonchev–Trinajstić information content (AvgIpc) is 2.23. The van der Waals surface area contributed by atoms with Gasteiger partial charge in [0.1, 0.15) is 10.7 Å². The number of nitrogens with zero attached hydrogens (tertiary/aromatic N) is 2. The van der Waals surface area contributed by atoms with Crippen molar-refractivity contribution in [2.75, 3.05) is 13.1 Å². The molecule has 64 valence electrons. The Kier molecular flexibility index (Phi) is 0.906. The zero-order chi connectivity index (χ0) is 14.6. The standard InChI is InChI=1S/C7H7BrN2O2/c8-6-1-9-2-7(10-6)12-5-3-11-4-5/h1-2,5H,3-4H2/i1D,2D,3D2,4D2,5D. The van der Waals surface area contributed by atoms with Gasteiger partial charge in [-0.15, -0.1) is 0 Å². The molecule has 1 aromatic rings. The van der Waals surface area contributed by atoms with E-state index >= 15 is 0 Å². The lowest BCUT2D eigenvalue weighted by atomic mass is 10.3. The van der Waals surface area contributed by atoms with E-state index < -0.39 is 31.3 Å². The lowest BCUT2D eigenvalue weighted by molar-refractivity contribution is -0.0815. The van der Waals surface area contributed by atoms with Gasteiger partial charge in [0.2, 0.25) is 5.88 Å². The van der Waals surface area contributed by atoms with Crippen LogP contribution in [-0.4, -0.2) is 29.2 Å². The second kappa shape index (κ2) is 3.37. The Morgan fingerprint density at radius 2 is 2.67 bits per heavy atom. The van der Waals surface area contributed by atoms with Gasteiger partial charge in [-0.2, -0.15) is 0 Å². The summed E-state index contributed by atoms with van der Waals surface area (Å²) >= 11 is 2.88. The van der Waals surface area contributed by atoms with Crippen LogP contribution < -0.4 is 4.74 Å². The molecule has 0 unspecified atom stereocenters. The first-order chi connectivity index (χ1) is 8.50. The molecule has 1 aromatic heterocycles. The van der Waals surface area contributed by atoms with Gasteiger partial charge in [-0.25, -0.2) is 4.98 Å². The van der Waals surface area contributed by atoms with Crippen LogP contribution in [0.15, 0.2) is 16.9 Å². The van der Waals surface area contributed by atoms with E-state index in [1.807, 2.05) is 0 Å². The minimum absolute atomic E-state index is 0.0662. The molecule has 1 saturated heterocycles. The summed E-state index contributed by atoms with van der Waals surface area (Å²) in [7, 11) is 0. The molecule has 0 aliphatic carbocycles. The summed E-state index contributed by atoms with van der Waals surface area (Å²) in [6.07, 6.45) is -3.64. The fraction of sp³-hybridized carbons (Fsp3) is 0.429. The van der Waals surface area contributed by atoms with Crippen LogP contribution >= 0.6 is 15.9 Å². The highest BCUT2D eigenvalue weighted by molar-refractivity contribution is 9.10. The molecule has 2 rings (SSSR count). The first-order valence-electron chi connectivity index (χ1n) is 6.40. The highest BCUT2D eigenvalue weighted by Crippen LogP contribution is 2.14. The highest BCUT2D eigenvalue weighted by atomic mass is 79.9. The van der Waals surface area contributed by atoms with Crippen LogP contribution in [0.3, 0.4) is 0 Å². The molecular weight excluding hydrogens is 224 g/mol. The number of halogens is 1. The van der Waals surface area contributed by atoms with Crippen LogP contribution in [0.5, 0.6) is 5.88 Å². The lowest BCUT2D eigenvalue weighted by Crippen LogP contribution is -2.38. The van der Waals surface area contributed by atoms with Crippen molar-refractivity contribution in [3.05, 3.63) is 16.9 Å². The molecule has 1 aliphatic heterocycles. The summed E-state index contributed by atoms with van der Waals surface area (Å²) in [6.45, 7) is -5.40. The molecule has 1 fully saturated rings. The molecule has 4 nitrogen and oxygen atoms in total. The number of ether oxygens (including phenoxy) is 2. The molecule has 0 radical (unpaired) electrons. The van der Waals surface area contributed by atoms with Gasteiger partial charge in [-0.3, -0.25) is 4.98 Å². The second-order valence-corrected chi connectivity index (χ2v) is 2.53. The van der Waals surface area contributed by atoms with Crippen LogP contribution in [0.2, 0.25) is 0 Å². The van der Waals surface area contributed by atoms with Crippen LogP contribution in [0, 0.1) is 0 Å². The minimum atomic E-state index is -2.71. The van der Waals surface area contributed by atoms with E-state index in [0.29, 0.717) is 0 Å². The molecule has 12 heavy (non-hydrogen) atoms. The van der Waals surface area contributed by atoms with Gasteiger partial charge in [-0.1, -0.05) is 0 Å². The van der Waals surface area contributed by atoms with Crippen LogP contribution in [0.25, 0.3) is 0 Å². The summed E-state index contributed by atoms with van der Waals surface area (Å²) in [6, 6.07) is 0. The molecule has 0 atom stereocenters. The fourth-order valence-corrected chi connectivity index (χ4v) is 0.787. The molecule has 0 bridgehead atoms. The zero-order valence-electron chi connectivity index (χ0n) is 12.6. The van der Waals surface area contributed by atoms with Gasteiger partial charge in [0.15, 0.2) is 0 Å². The maximum atomic E-state index is 7.72. The van der Waals surface area contributed by atoms with E-state index in [2.05, 4.69) is 30.6 Å². The van der Waals surface area contributed by atoms with Crippen molar-refractivity contribution in [1.82, 2.24) is 9.97 Å². The van der Waals surface area contributed by atoms with Crippen LogP contribution in [-0.2, 0) is 4.74 Å². The first-order valence-corrected chi connectivity index (χ1v) is 3.69. The van der Waals surface area contributed by atoms with Crippen molar-refractivity contribution in [3.63, 3.8) is 0 Å². The first kappa shape index (κ1) is 3.23. The zero-order valence-corrected chi connectivity index (χ0v) is 7.17. The average molecular weight is 238 g/mol. The maximum Gasteiger partial charge on any atom is 0.233 e. The Bertz CT molecular complexity index is 526. The Morgan fingerprint density at radius 3 is 3.42 bits per heavy atom. The Labute approximate surface area is 87.9 Å². The third kappa shape index (κ3) is 1.73. The van der Waals surface area contributed by atoms with E-state index in [4.69, 9.17) is 14.3 Å². The third-order valence-corrected chi connectivity index (χ3v) is 1.34. The molecule has 0 aromatic carbocycles. The maximum absolute atomic E-state index is 7.72. The molecule has 1 aliphatic rings. The molecule has 5 heteroatoms. The number of rotatable bonds is 2. The van der Waals surface area contributed by atoms with E-state index in [9.17, 15) is 0 Å². The van der Waals surface area contributed by atoms with E-state index in [-0.39, 0.29) is 10.8 Å². The lowest BCUT2D eigenvalue weighted by Gasteiger charge is -2.25. The van der Waals surface area contributed by atoms with Crippen molar-refractivity contribution in [2.24, 2.45) is 0 Å². The molecule has 0 amide bonds. The van der Waals surface area contributed by atoms with Gasteiger partial charge in [0, 0.05) is 0 Å². The van der Waals surface area contributed by atoms with Crippen molar-refractivity contribution in [3.8, 4) is 5.88 Å². The summed E-state index contributed by atoms with van der Waals surface area (Å²) in [5.74, 6) is -0.561. The summed E-state index contributed by atoms with van der Waals surface area (Å²) in [5, 5.41) is 0. The van der Waals surface area contributed by atoms with E-state index in [1.54, 1.807) is 0 Å². The fourth-order valence-electron chi connectivity index (χ4n) is 0.538. The van der Waals surface area contributed by atoms with E-state index in [0.717, 1.165) is 0 Å². The molecule has 0 N–H and O–H groups in total. The quantitative estimate of drug-likeness (QED) is 0.771. The Morgan fingerprint density at radius 1 is 1.83 bits per heavy atom. The van der Waals surface area contributed by atoms with Gasteiger partial charge in [0.05, 0.1) is 35.1 Å². The highest BCUT2D eigenvalue weighted by Gasteiger charge is 2.20. The normalized spacial score (nSPS) is 36.6. The topological polar surface area (TPSA) is 44.2 Å². The molecular formula is C7H7BrN2O2. The van der Waals surface area contributed by atoms with Crippen molar-refractivity contribution in [2.45, 2.75) is 6.08 Å². The number of hydrogen-bond donors (Lipinski definition) is 0. The smallest absolute Gasteiger partial charge is 0.233 e. The van der Waals surface area contributed by atoms with E-state index in [1.165, 1.54) is 0 Å². The second-order valence-electron chi connectivity index (χ2n) is 1.78. The number of hydrogen-bond acceptors (Lipinski definition) is 4. The SMILES string of the molecule is [2H]c1nc([2H])c(OC2([2H])C([2H])([2H])OC2([2H])[2H])nc1Br. The van der Waals surface area contributed by atoms with Crippen LogP contribution in [0.4, 0.5) is 0 Å². The summed E-state index contributed by atoms with van der Waals surface area (Å²) < 4.78 is 60.8. The summed E-state index contributed by atoms with van der Waals surface area (Å²) in [5.41, 5.74) is 0. The number of aromatic nitrogens is 2. The van der Waals surface area contributed by atoms with Crippen molar-refractivity contribution >= 4 is 15.9 Å². The van der Waals surface area contributed by atoms with Gasteiger partial charge >= 0.3 is 0 Å². The predicted octanol–water partition coefficient (Wildman–Crippen LogP) is 1.02. The Hall–Kier alpha value is -0.680. The van der Waals surface area contributed by atoms with Crippen molar-refractivity contribution in [1.29, 1.82) is 0 Å². The molecule has 0 spiro atoms. The molecule has 2 heterocycles. The van der Waals surface area contributed by atoms with Gasteiger partial charge in [0.25, 0.3) is 0 Å².